The maximum atomic E-state index is 5.91. The SMILES string of the molecule is CCCCCCCC/C=C/CCCCCCCCOc1ccc(CNc2ccccc2)cc1. The van der Waals surface area contributed by atoms with E-state index in [4.69, 9.17) is 4.74 Å². The van der Waals surface area contributed by atoms with Crippen molar-refractivity contribution in [2.75, 3.05) is 11.9 Å². The number of hydrogen-bond donors (Lipinski definition) is 1. The molecule has 1 N–H and O–H groups in total. The second-order valence-corrected chi connectivity index (χ2v) is 9.15. The minimum Gasteiger partial charge on any atom is -0.494 e. The van der Waals surface area contributed by atoms with Gasteiger partial charge in [0.15, 0.2) is 0 Å². The van der Waals surface area contributed by atoms with Crippen LogP contribution in [0.2, 0.25) is 0 Å². The smallest absolute Gasteiger partial charge is 0.119 e. The van der Waals surface area contributed by atoms with Gasteiger partial charge in [-0.1, -0.05) is 107 Å². The summed E-state index contributed by atoms with van der Waals surface area (Å²) in [6, 6.07) is 18.8. The van der Waals surface area contributed by atoms with E-state index in [0.29, 0.717) is 0 Å². The summed E-state index contributed by atoms with van der Waals surface area (Å²) in [6.07, 6.45) is 23.5. The Balaban J connectivity index is 1.37. The first-order valence-corrected chi connectivity index (χ1v) is 13.5. The van der Waals surface area contributed by atoms with E-state index < -0.39 is 0 Å². The molecule has 0 radical (unpaired) electrons. The molecule has 33 heavy (non-hydrogen) atoms. The van der Waals surface area contributed by atoms with Crippen LogP contribution in [0.25, 0.3) is 0 Å². The normalized spacial score (nSPS) is 11.2. The predicted octanol–water partition coefficient (Wildman–Crippen LogP) is 9.71. The highest BCUT2D eigenvalue weighted by Gasteiger charge is 1.97. The quantitative estimate of drug-likeness (QED) is 0.160. The van der Waals surface area contributed by atoms with Gasteiger partial charge in [0.05, 0.1) is 6.61 Å². The predicted molar refractivity (Wildman–Crippen MR) is 145 cm³/mol. The average molecular weight is 450 g/mol. The van der Waals surface area contributed by atoms with Crippen molar-refractivity contribution in [3.8, 4) is 5.75 Å². The molecule has 0 unspecified atom stereocenters. The lowest BCUT2D eigenvalue weighted by atomic mass is 10.1. The number of nitrogens with one attached hydrogen (secondary N) is 1. The summed E-state index contributed by atoms with van der Waals surface area (Å²) in [6.45, 7) is 3.94. The van der Waals surface area contributed by atoms with E-state index in [-0.39, 0.29) is 0 Å². The van der Waals surface area contributed by atoms with Gasteiger partial charge in [-0.05, 0) is 61.9 Å². The van der Waals surface area contributed by atoms with Crippen LogP contribution in [0.4, 0.5) is 5.69 Å². The van der Waals surface area contributed by atoms with Crippen LogP contribution < -0.4 is 10.1 Å². The molecule has 0 atom stereocenters. The maximum Gasteiger partial charge on any atom is 0.119 e. The van der Waals surface area contributed by atoms with E-state index in [2.05, 4.69) is 72.9 Å². The molecule has 2 rings (SSSR count). The summed E-state index contributed by atoms with van der Waals surface area (Å²) in [5.41, 5.74) is 2.42. The Morgan fingerprint density at radius 1 is 0.636 bits per heavy atom. The molecule has 0 aliphatic heterocycles. The number of anilines is 1. The largest absolute Gasteiger partial charge is 0.494 e. The Morgan fingerprint density at radius 2 is 1.21 bits per heavy atom. The number of benzene rings is 2. The highest BCUT2D eigenvalue weighted by Crippen LogP contribution is 2.15. The van der Waals surface area contributed by atoms with Crippen molar-refractivity contribution < 1.29 is 4.74 Å². The van der Waals surface area contributed by atoms with Gasteiger partial charge in [0.25, 0.3) is 0 Å². The zero-order chi connectivity index (χ0) is 23.2. The van der Waals surface area contributed by atoms with Gasteiger partial charge in [-0.2, -0.15) is 0 Å². The van der Waals surface area contributed by atoms with E-state index in [0.717, 1.165) is 31.0 Å². The lowest BCUT2D eigenvalue weighted by Gasteiger charge is -2.09. The zero-order valence-corrected chi connectivity index (χ0v) is 21.1. The van der Waals surface area contributed by atoms with Crippen molar-refractivity contribution in [2.45, 2.75) is 103 Å². The lowest BCUT2D eigenvalue weighted by molar-refractivity contribution is 0.304. The third kappa shape index (κ3) is 14.5. The Labute approximate surface area is 203 Å². The molecule has 0 aliphatic rings. The van der Waals surface area contributed by atoms with Crippen LogP contribution in [0.1, 0.15) is 102 Å². The first-order valence-electron chi connectivity index (χ1n) is 13.5. The minimum absolute atomic E-state index is 0.822. The number of rotatable bonds is 20. The first kappa shape index (κ1) is 27.0. The summed E-state index contributed by atoms with van der Waals surface area (Å²) in [7, 11) is 0. The summed E-state index contributed by atoms with van der Waals surface area (Å²) >= 11 is 0. The van der Waals surface area contributed by atoms with Gasteiger partial charge in [-0.3, -0.25) is 0 Å². The standard InChI is InChI=1S/C31H47NO/c1-2-3-4-5-6-7-8-9-10-11-12-13-14-15-16-20-27-33-31-25-23-29(24-26-31)28-32-30-21-18-17-19-22-30/h9-10,17-19,21-26,32H,2-8,11-16,20,27-28H2,1H3/b10-9+. The molecule has 0 spiro atoms. The molecule has 0 amide bonds. The lowest BCUT2D eigenvalue weighted by Crippen LogP contribution is -2.00. The molecule has 182 valence electrons. The van der Waals surface area contributed by atoms with Gasteiger partial charge in [-0.25, -0.2) is 0 Å². The van der Waals surface area contributed by atoms with Gasteiger partial charge < -0.3 is 10.1 Å². The van der Waals surface area contributed by atoms with Crippen LogP contribution >= 0.6 is 0 Å². The Hall–Kier alpha value is -2.22. The van der Waals surface area contributed by atoms with Crippen LogP contribution in [0.15, 0.2) is 66.7 Å². The van der Waals surface area contributed by atoms with Crippen molar-refractivity contribution in [3.63, 3.8) is 0 Å². The number of ether oxygens (including phenoxy) is 1. The molecule has 2 nitrogen and oxygen atoms in total. The Kier molecular flexibility index (Phi) is 15.8. The fourth-order valence-corrected chi connectivity index (χ4v) is 4.00. The molecular formula is C31H47NO. The summed E-state index contributed by atoms with van der Waals surface area (Å²) < 4.78 is 5.91. The molecular weight excluding hydrogens is 402 g/mol. The van der Waals surface area contributed by atoms with Crippen molar-refractivity contribution in [1.29, 1.82) is 0 Å². The molecule has 0 bridgehead atoms. The summed E-state index contributed by atoms with van der Waals surface area (Å²) in [5.74, 6) is 0.978. The number of allylic oxidation sites excluding steroid dienone is 2. The Bertz CT molecular complexity index is 707. The van der Waals surface area contributed by atoms with Gasteiger partial charge in [-0.15, -0.1) is 0 Å². The van der Waals surface area contributed by atoms with Gasteiger partial charge in [0.2, 0.25) is 0 Å². The van der Waals surface area contributed by atoms with E-state index in [1.807, 2.05) is 6.07 Å². The summed E-state index contributed by atoms with van der Waals surface area (Å²) in [5, 5.41) is 3.44. The van der Waals surface area contributed by atoms with Gasteiger partial charge >= 0.3 is 0 Å². The van der Waals surface area contributed by atoms with Crippen LogP contribution in [0.3, 0.4) is 0 Å². The number of unbranched alkanes of at least 4 members (excludes halogenated alkanes) is 12. The fourth-order valence-electron chi connectivity index (χ4n) is 4.00. The van der Waals surface area contributed by atoms with Gasteiger partial charge in [0.1, 0.15) is 5.75 Å². The van der Waals surface area contributed by atoms with E-state index >= 15 is 0 Å². The minimum atomic E-state index is 0.822. The highest BCUT2D eigenvalue weighted by atomic mass is 16.5. The van der Waals surface area contributed by atoms with Crippen molar-refractivity contribution in [2.24, 2.45) is 0 Å². The number of para-hydroxylation sites is 1. The summed E-state index contributed by atoms with van der Waals surface area (Å²) in [4.78, 5) is 0. The molecule has 2 aromatic rings. The van der Waals surface area contributed by atoms with E-state index in [9.17, 15) is 0 Å². The number of hydrogen-bond acceptors (Lipinski definition) is 2. The third-order valence-corrected chi connectivity index (χ3v) is 6.12. The molecule has 0 aromatic heterocycles. The van der Waals surface area contributed by atoms with E-state index in [1.54, 1.807) is 0 Å². The molecule has 2 heteroatoms. The molecule has 2 aromatic carbocycles. The molecule has 0 fully saturated rings. The van der Waals surface area contributed by atoms with Crippen molar-refractivity contribution in [3.05, 3.63) is 72.3 Å². The molecule has 0 saturated carbocycles. The molecule has 0 heterocycles. The van der Waals surface area contributed by atoms with E-state index in [1.165, 1.54) is 89.0 Å². The van der Waals surface area contributed by atoms with Crippen LogP contribution in [0.5, 0.6) is 5.75 Å². The second-order valence-electron chi connectivity index (χ2n) is 9.15. The Morgan fingerprint density at radius 3 is 1.85 bits per heavy atom. The monoisotopic (exact) mass is 449 g/mol. The fraction of sp³-hybridized carbons (Fsp3) is 0.548. The first-order chi connectivity index (χ1) is 16.4. The molecule has 0 saturated heterocycles. The van der Waals surface area contributed by atoms with Crippen LogP contribution in [-0.2, 0) is 6.54 Å². The van der Waals surface area contributed by atoms with Crippen LogP contribution in [-0.4, -0.2) is 6.61 Å². The topological polar surface area (TPSA) is 21.3 Å². The zero-order valence-electron chi connectivity index (χ0n) is 21.1. The molecule has 0 aliphatic carbocycles. The van der Waals surface area contributed by atoms with Crippen molar-refractivity contribution >= 4 is 5.69 Å². The second kappa shape index (κ2) is 19.3. The maximum absolute atomic E-state index is 5.91. The third-order valence-electron chi connectivity index (χ3n) is 6.12. The van der Waals surface area contributed by atoms with Crippen molar-refractivity contribution in [1.82, 2.24) is 0 Å². The average Bonchev–Trinajstić information content (AvgIpc) is 2.86. The van der Waals surface area contributed by atoms with Crippen LogP contribution in [0, 0.1) is 0 Å². The van der Waals surface area contributed by atoms with Gasteiger partial charge in [0, 0.05) is 12.2 Å². The highest BCUT2D eigenvalue weighted by molar-refractivity contribution is 5.43.